The van der Waals surface area contributed by atoms with E-state index in [1.807, 2.05) is 6.92 Å². The molecule has 6 heteroatoms. The SMILES string of the molecule is CCC(O)CC(=O)O[C@@H]1C[C@H]2[C@]3(C)CC[C@H]4[C@@](C)(CC)CCC[C@]4(C)[C@H]3CC(=O)[C@]2(C)[C@@H](C=O)C1C(C)=O. The number of aldehydes is 1. The highest BCUT2D eigenvalue weighted by molar-refractivity contribution is 5.93. The van der Waals surface area contributed by atoms with Crippen LogP contribution in [-0.2, 0) is 23.9 Å². The van der Waals surface area contributed by atoms with E-state index >= 15 is 0 Å². The number of carbonyl (C=O) groups is 4. The number of esters is 1. The van der Waals surface area contributed by atoms with Gasteiger partial charge in [-0.05, 0) is 79.4 Å². The van der Waals surface area contributed by atoms with Crippen LogP contribution in [-0.4, -0.2) is 41.1 Å². The maximum Gasteiger partial charge on any atom is 0.308 e. The topological polar surface area (TPSA) is 97.7 Å². The third kappa shape index (κ3) is 4.23. The average molecular weight is 531 g/mol. The molecule has 0 bridgehead atoms. The number of carbonyl (C=O) groups excluding carboxylic acids is 4. The molecule has 4 saturated carbocycles. The van der Waals surface area contributed by atoms with Gasteiger partial charge in [-0.1, -0.05) is 54.4 Å². The molecule has 4 rings (SSSR count). The maximum atomic E-state index is 14.2. The summed E-state index contributed by atoms with van der Waals surface area (Å²) in [6.45, 7) is 14.6. The molecule has 0 amide bonds. The fraction of sp³-hybridized carbons (Fsp3) is 0.875. The van der Waals surface area contributed by atoms with Gasteiger partial charge in [-0.2, -0.15) is 0 Å². The van der Waals surface area contributed by atoms with Crippen molar-refractivity contribution in [2.75, 3.05) is 0 Å². The number of aliphatic hydroxyl groups is 1. The lowest BCUT2D eigenvalue weighted by atomic mass is 9.34. The minimum Gasteiger partial charge on any atom is -0.461 e. The lowest BCUT2D eigenvalue weighted by Crippen LogP contribution is -2.68. The minimum atomic E-state index is -0.957. The van der Waals surface area contributed by atoms with Gasteiger partial charge in [-0.25, -0.2) is 0 Å². The molecule has 4 fully saturated rings. The Bertz CT molecular complexity index is 975. The Hall–Kier alpha value is -1.56. The van der Waals surface area contributed by atoms with Crippen molar-refractivity contribution in [3.05, 3.63) is 0 Å². The summed E-state index contributed by atoms with van der Waals surface area (Å²) in [4.78, 5) is 52.7. The van der Waals surface area contributed by atoms with Gasteiger partial charge in [0.2, 0.25) is 0 Å². The Labute approximate surface area is 229 Å². The van der Waals surface area contributed by atoms with Gasteiger partial charge < -0.3 is 14.6 Å². The highest BCUT2D eigenvalue weighted by Crippen LogP contribution is 2.73. The van der Waals surface area contributed by atoms with Crippen LogP contribution in [0.25, 0.3) is 0 Å². The fourth-order valence-electron chi connectivity index (χ4n) is 10.4. The number of ether oxygens (including phenoxy) is 1. The number of hydrogen-bond donors (Lipinski definition) is 1. The first kappa shape index (κ1) is 29.4. The first-order valence-electron chi connectivity index (χ1n) is 15.1. The van der Waals surface area contributed by atoms with Gasteiger partial charge in [-0.15, -0.1) is 0 Å². The van der Waals surface area contributed by atoms with Crippen LogP contribution in [0.5, 0.6) is 0 Å². The van der Waals surface area contributed by atoms with Gasteiger partial charge in [0, 0.05) is 17.8 Å². The Morgan fingerprint density at radius 2 is 1.71 bits per heavy atom. The summed E-state index contributed by atoms with van der Waals surface area (Å²) in [5.41, 5.74) is -0.843. The molecule has 6 nitrogen and oxygen atoms in total. The van der Waals surface area contributed by atoms with Crippen LogP contribution in [0, 0.1) is 51.2 Å². The number of ketones is 2. The van der Waals surface area contributed by atoms with Crippen molar-refractivity contribution in [1.29, 1.82) is 0 Å². The quantitative estimate of drug-likeness (QED) is 0.334. The maximum absolute atomic E-state index is 14.2. The van der Waals surface area contributed by atoms with E-state index in [-0.39, 0.29) is 46.1 Å². The molecule has 1 N–H and O–H groups in total. The van der Waals surface area contributed by atoms with E-state index in [4.69, 9.17) is 4.74 Å². The van der Waals surface area contributed by atoms with Crippen LogP contribution in [0.3, 0.4) is 0 Å². The molecule has 0 aromatic carbocycles. The summed E-state index contributed by atoms with van der Waals surface area (Å²) in [6, 6.07) is 0. The first-order chi connectivity index (χ1) is 17.7. The van der Waals surface area contributed by atoms with Crippen molar-refractivity contribution in [2.24, 2.45) is 51.2 Å². The molecule has 0 spiro atoms. The third-order valence-electron chi connectivity index (χ3n) is 12.7. The van der Waals surface area contributed by atoms with Gasteiger partial charge in [0.15, 0.2) is 0 Å². The van der Waals surface area contributed by atoms with Crippen LogP contribution in [0.2, 0.25) is 0 Å². The molecule has 38 heavy (non-hydrogen) atoms. The predicted octanol–water partition coefficient (Wildman–Crippen LogP) is 5.72. The molecular weight excluding hydrogens is 480 g/mol. The van der Waals surface area contributed by atoms with E-state index in [9.17, 15) is 24.3 Å². The molecule has 2 unspecified atom stereocenters. The molecule has 0 aliphatic heterocycles. The van der Waals surface area contributed by atoms with Gasteiger partial charge in [0.1, 0.15) is 24.0 Å². The van der Waals surface area contributed by atoms with E-state index in [0.717, 1.165) is 32.0 Å². The van der Waals surface area contributed by atoms with Crippen molar-refractivity contribution in [3.8, 4) is 0 Å². The van der Waals surface area contributed by atoms with Gasteiger partial charge in [0.25, 0.3) is 0 Å². The van der Waals surface area contributed by atoms with E-state index < -0.39 is 35.4 Å². The Kier molecular flexibility index (Phi) is 7.84. The zero-order valence-electron chi connectivity index (χ0n) is 24.7. The van der Waals surface area contributed by atoms with Crippen LogP contribution in [0.15, 0.2) is 0 Å². The van der Waals surface area contributed by atoms with E-state index in [2.05, 4.69) is 27.7 Å². The molecule has 0 aromatic heterocycles. The van der Waals surface area contributed by atoms with Crippen LogP contribution in [0.1, 0.15) is 113 Å². The summed E-state index contributed by atoms with van der Waals surface area (Å²) >= 11 is 0. The lowest BCUT2D eigenvalue weighted by Gasteiger charge is -2.70. The zero-order chi connectivity index (χ0) is 28.3. The molecule has 11 atom stereocenters. The van der Waals surface area contributed by atoms with Crippen LogP contribution in [0.4, 0.5) is 0 Å². The number of aliphatic hydroxyl groups excluding tert-OH is 1. The highest BCUT2D eigenvalue weighted by Gasteiger charge is 2.71. The average Bonchev–Trinajstić information content (AvgIpc) is 2.85. The molecule has 4 aliphatic rings. The van der Waals surface area contributed by atoms with Gasteiger partial charge in [-0.3, -0.25) is 14.4 Å². The Balaban J connectivity index is 1.76. The summed E-state index contributed by atoms with van der Waals surface area (Å²) in [5.74, 6) is -1.74. The number of fused-ring (bicyclic) bond motifs is 5. The van der Waals surface area contributed by atoms with Crippen molar-refractivity contribution >= 4 is 23.8 Å². The third-order valence-corrected chi connectivity index (χ3v) is 12.7. The van der Waals surface area contributed by atoms with Crippen molar-refractivity contribution < 1.29 is 29.0 Å². The second kappa shape index (κ2) is 10.1. The van der Waals surface area contributed by atoms with Crippen molar-refractivity contribution in [3.63, 3.8) is 0 Å². The second-order valence-electron chi connectivity index (χ2n) is 14.3. The van der Waals surface area contributed by atoms with Gasteiger partial charge >= 0.3 is 5.97 Å². The summed E-state index contributed by atoms with van der Waals surface area (Å²) < 4.78 is 5.92. The Morgan fingerprint density at radius 1 is 1.05 bits per heavy atom. The van der Waals surface area contributed by atoms with E-state index in [1.165, 1.54) is 19.8 Å². The smallest absolute Gasteiger partial charge is 0.308 e. The van der Waals surface area contributed by atoms with Gasteiger partial charge in [0.05, 0.1) is 18.4 Å². The number of rotatable bonds is 7. The molecule has 0 aromatic rings. The lowest BCUT2D eigenvalue weighted by molar-refractivity contribution is -0.224. The number of Topliss-reactive ketones (excluding diaryl/α,β-unsaturated/α-hetero) is 2. The minimum absolute atomic E-state index is 0.0402. The molecular formula is C32H50O6. The second-order valence-corrected chi connectivity index (χ2v) is 14.3. The summed E-state index contributed by atoms with van der Waals surface area (Å²) in [7, 11) is 0. The fourth-order valence-corrected chi connectivity index (χ4v) is 10.4. The predicted molar refractivity (Wildman–Crippen MR) is 145 cm³/mol. The molecule has 214 valence electrons. The number of hydrogen-bond acceptors (Lipinski definition) is 6. The van der Waals surface area contributed by atoms with Crippen LogP contribution >= 0.6 is 0 Å². The highest BCUT2D eigenvalue weighted by atomic mass is 16.5. The Morgan fingerprint density at radius 3 is 2.29 bits per heavy atom. The molecule has 0 saturated heterocycles. The standard InChI is InChI=1S/C32H50O6/c1-8-20(35)15-27(37)38-22-16-25-31(6)14-11-23-29(4,9-2)12-10-13-30(23,5)24(31)17-26(36)32(25,7)21(18-33)28(22)19(3)34/h18,20-25,28,35H,8-17H2,1-7H3/t20?,21-,22+,23-,24+,25-,28?,29-,30-,31+,32+/m0/s1. The molecule has 0 radical (unpaired) electrons. The largest absolute Gasteiger partial charge is 0.461 e. The summed E-state index contributed by atoms with van der Waals surface area (Å²) in [5, 5.41) is 10.0. The van der Waals surface area contributed by atoms with Crippen molar-refractivity contribution in [2.45, 2.75) is 125 Å². The zero-order valence-corrected chi connectivity index (χ0v) is 24.7. The van der Waals surface area contributed by atoms with Crippen molar-refractivity contribution in [1.82, 2.24) is 0 Å². The monoisotopic (exact) mass is 530 g/mol. The summed E-state index contributed by atoms with van der Waals surface area (Å²) in [6.07, 6.45) is 7.12. The van der Waals surface area contributed by atoms with E-state index in [1.54, 1.807) is 6.92 Å². The first-order valence-corrected chi connectivity index (χ1v) is 15.1. The van der Waals surface area contributed by atoms with E-state index in [0.29, 0.717) is 25.2 Å². The normalized spacial score (nSPS) is 47.2. The molecule has 4 aliphatic carbocycles. The molecule has 0 heterocycles. The van der Waals surface area contributed by atoms with Crippen LogP contribution < -0.4 is 0 Å².